The van der Waals surface area contributed by atoms with Crippen molar-refractivity contribution in [2.24, 2.45) is 5.92 Å². The van der Waals surface area contributed by atoms with Crippen LogP contribution in [0.4, 0.5) is 4.39 Å². The van der Waals surface area contributed by atoms with Crippen LogP contribution in [0.25, 0.3) is 0 Å². The lowest BCUT2D eigenvalue weighted by atomic mass is 9.76. The molecule has 27 heavy (non-hydrogen) atoms. The van der Waals surface area contributed by atoms with Gasteiger partial charge in [0.1, 0.15) is 5.82 Å². The van der Waals surface area contributed by atoms with E-state index in [2.05, 4.69) is 36.9 Å². The predicted molar refractivity (Wildman–Crippen MR) is 112 cm³/mol. The number of aryl methyl sites for hydroxylation is 1. The fourth-order valence-electron chi connectivity index (χ4n) is 5.19. The van der Waals surface area contributed by atoms with Crippen molar-refractivity contribution in [3.63, 3.8) is 0 Å². The summed E-state index contributed by atoms with van der Waals surface area (Å²) in [4.78, 5) is 0. The maximum absolute atomic E-state index is 13.6. The molecule has 1 unspecified atom stereocenters. The standard InChI is InChI=1S/C26H31F/c1-2-3-4-19-5-7-20(8-6-19)21-9-11-22(12-10-21)24-14-13-23-15-16-26(27)18-25(23)17-24/h2,9-12,15-16,18-20,24H,1,3-8,13-14,17H2. The molecule has 1 saturated carbocycles. The maximum Gasteiger partial charge on any atom is 0.123 e. The Kier molecular flexibility index (Phi) is 5.76. The first kappa shape index (κ1) is 18.5. The van der Waals surface area contributed by atoms with Crippen LogP contribution in [-0.4, -0.2) is 0 Å². The third-order valence-corrected chi connectivity index (χ3v) is 6.90. The zero-order valence-corrected chi connectivity index (χ0v) is 16.3. The zero-order chi connectivity index (χ0) is 18.6. The minimum atomic E-state index is -0.103. The third kappa shape index (κ3) is 4.34. The largest absolute Gasteiger partial charge is 0.207 e. The molecule has 0 aromatic heterocycles. The molecule has 0 N–H and O–H groups in total. The minimum Gasteiger partial charge on any atom is -0.207 e. The van der Waals surface area contributed by atoms with E-state index >= 15 is 0 Å². The summed E-state index contributed by atoms with van der Waals surface area (Å²) in [7, 11) is 0. The van der Waals surface area contributed by atoms with Crippen molar-refractivity contribution in [2.45, 2.75) is 69.6 Å². The van der Waals surface area contributed by atoms with E-state index in [9.17, 15) is 4.39 Å². The topological polar surface area (TPSA) is 0 Å². The lowest BCUT2D eigenvalue weighted by Crippen LogP contribution is -2.14. The summed E-state index contributed by atoms with van der Waals surface area (Å²) in [6, 6.07) is 14.7. The smallest absolute Gasteiger partial charge is 0.123 e. The number of rotatable bonds is 5. The molecule has 2 aliphatic rings. The summed E-state index contributed by atoms with van der Waals surface area (Å²) in [6.45, 7) is 3.85. The number of benzene rings is 2. The summed E-state index contributed by atoms with van der Waals surface area (Å²) < 4.78 is 13.6. The van der Waals surface area contributed by atoms with E-state index in [4.69, 9.17) is 0 Å². The van der Waals surface area contributed by atoms with Gasteiger partial charge >= 0.3 is 0 Å². The summed E-state index contributed by atoms with van der Waals surface area (Å²) in [5.74, 6) is 2.07. The van der Waals surface area contributed by atoms with Gasteiger partial charge in [0.2, 0.25) is 0 Å². The Morgan fingerprint density at radius 2 is 1.56 bits per heavy atom. The van der Waals surface area contributed by atoms with E-state index in [-0.39, 0.29) is 5.82 Å². The highest BCUT2D eigenvalue weighted by Crippen LogP contribution is 2.39. The van der Waals surface area contributed by atoms with Gasteiger partial charge in [0.15, 0.2) is 0 Å². The number of hydrogen-bond donors (Lipinski definition) is 0. The van der Waals surface area contributed by atoms with Crippen LogP contribution in [0.3, 0.4) is 0 Å². The number of halogens is 1. The molecular formula is C26H31F. The zero-order valence-electron chi connectivity index (χ0n) is 16.3. The van der Waals surface area contributed by atoms with Gasteiger partial charge in [0.25, 0.3) is 0 Å². The van der Waals surface area contributed by atoms with Crippen LogP contribution < -0.4 is 0 Å². The van der Waals surface area contributed by atoms with Gasteiger partial charge in [-0.1, -0.05) is 36.4 Å². The normalized spacial score (nSPS) is 25.0. The molecule has 2 aliphatic carbocycles. The van der Waals surface area contributed by atoms with E-state index in [0.717, 1.165) is 24.7 Å². The summed E-state index contributed by atoms with van der Waals surface area (Å²) >= 11 is 0. The molecule has 0 heterocycles. The molecule has 0 radical (unpaired) electrons. The van der Waals surface area contributed by atoms with Crippen LogP contribution in [0.15, 0.2) is 55.1 Å². The van der Waals surface area contributed by atoms with Gasteiger partial charge in [0.05, 0.1) is 0 Å². The first-order valence-electron chi connectivity index (χ1n) is 10.7. The van der Waals surface area contributed by atoms with Gasteiger partial charge in [-0.15, -0.1) is 6.58 Å². The Bertz CT molecular complexity index is 765. The fourth-order valence-corrected chi connectivity index (χ4v) is 5.19. The van der Waals surface area contributed by atoms with Crippen molar-refractivity contribution in [3.05, 3.63) is 83.2 Å². The summed E-state index contributed by atoms with van der Waals surface area (Å²) in [5.41, 5.74) is 5.47. The molecule has 2 aromatic rings. The molecule has 0 spiro atoms. The Hall–Kier alpha value is -1.89. The first-order valence-corrected chi connectivity index (χ1v) is 10.7. The summed E-state index contributed by atoms with van der Waals surface area (Å²) in [5, 5.41) is 0. The molecule has 2 aromatic carbocycles. The average molecular weight is 363 g/mol. The van der Waals surface area contributed by atoms with Crippen LogP contribution in [0, 0.1) is 11.7 Å². The van der Waals surface area contributed by atoms with Gasteiger partial charge in [0, 0.05) is 0 Å². The Morgan fingerprint density at radius 3 is 2.26 bits per heavy atom. The van der Waals surface area contributed by atoms with Crippen LogP contribution in [0.5, 0.6) is 0 Å². The van der Waals surface area contributed by atoms with Crippen molar-refractivity contribution in [1.82, 2.24) is 0 Å². The number of fused-ring (bicyclic) bond motifs is 1. The lowest BCUT2D eigenvalue weighted by Gasteiger charge is -2.29. The van der Waals surface area contributed by atoms with Gasteiger partial charge in [-0.3, -0.25) is 0 Å². The molecule has 0 amide bonds. The van der Waals surface area contributed by atoms with Crippen molar-refractivity contribution in [2.75, 3.05) is 0 Å². The average Bonchev–Trinajstić information content (AvgIpc) is 2.72. The molecule has 0 saturated heterocycles. The summed E-state index contributed by atoms with van der Waals surface area (Å²) in [6.07, 6.45) is 13.1. The van der Waals surface area contributed by atoms with Crippen molar-refractivity contribution in [1.29, 1.82) is 0 Å². The van der Waals surface area contributed by atoms with E-state index in [1.165, 1.54) is 67.2 Å². The SMILES string of the molecule is C=CCCC1CCC(c2ccc(C3CCc4ccc(F)cc4C3)cc2)CC1. The molecule has 0 aliphatic heterocycles. The van der Waals surface area contributed by atoms with Crippen LogP contribution in [-0.2, 0) is 12.8 Å². The first-order chi connectivity index (χ1) is 13.2. The van der Waals surface area contributed by atoms with Crippen LogP contribution in [0.2, 0.25) is 0 Å². The fraction of sp³-hybridized carbons (Fsp3) is 0.462. The van der Waals surface area contributed by atoms with E-state index in [1.54, 1.807) is 12.1 Å². The molecule has 0 bridgehead atoms. The number of hydrogen-bond acceptors (Lipinski definition) is 0. The van der Waals surface area contributed by atoms with Crippen molar-refractivity contribution in [3.8, 4) is 0 Å². The highest BCUT2D eigenvalue weighted by Gasteiger charge is 2.23. The molecule has 142 valence electrons. The van der Waals surface area contributed by atoms with E-state index in [1.807, 2.05) is 6.07 Å². The highest BCUT2D eigenvalue weighted by molar-refractivity contribution is 5.35. The van der Waals surface area contributed by atoms with Gasteiger partial charge < -0.3 is 0 Å². The van der Waals surface area contributed by atoms with Gasteiger partial charge in [-0.25, -0.2) is 4.39 Å². The highest BCUT2D eigenvalue weighted by atomic mass is 19.1. The molecule has 1 heteroatoms. The second-order valence-electron chi connectivity index (χ2n) is 8.60. The predicted octanol–water partition coefficient (Wildman–Crippen LogP) is 7.34. The minimum absolute atomic E-state index is 0.103. The Balaban J connectivity index is 1.38. The van der Waals surface area contributed by atoms with Gasteiger partial charge in [-0.05, 0) is 110 Å². The van der Waals surface area contributed by atoms with Crippen molar-refractivity contribution >= 4 is 0 Å². The monoisotopic (exact) mass is 362 g/mol. The molecule has 0 nitrogen and oxygen atoms in total. The molecular weight excluding hydrogens is 331 g/mol. The van der Waals surface area contributed by atoms with Gasteiger partial charge in [-0.2, -0.15) is 0 Å². The van der Waals surface area contributed by atoms with Crippen LogP contribution >= 0.6 is 0 Å². The Morgan fingerprint density at radius 1 is 0.852 bits per heavy atom. The molecule has 4 rings (SSSR count). The second kappa shape index (κ2) is 8.42. The third-order valence-electron chi connectivity index (χ3n) is 6.90. The quantitative estimate of drug-likeness (QED) is 0.488. The van der Waals surface area contributed by atoms with Crippen molar-refractivity contribution < 1.29 is 4.39 Å². The maximum atomic E-state index is 13.6. The number of allylic oxidation sites excluding steroid dienone is 1. The molecule has 1 fully saturated rings. The van der Waals surface area contributed by atoms with E-state index in [0.29, 0.717) is 5.92 Å². The van der Waals surface area contributed by atoms with E-state index < -0.39 is 0 Å². The lowest BCUT2D eigenvalue weighted by molar-refractivity contribution is 0.312. The van der Waals surface area contributed by atoms with Crippen LogP contribution in [0.1, 0.15) is 79.0 Å². The molecule has 1 atom stereocenters. The Labute approximate surface area is 163 Å². The second-order valence-corrected chi connectivity index (χ2v) is 8.60.